The molecule has 11 heteroatoms. The van der Waals surface area contributed by atoms with Crippen molar-refractivity contribution in [3.63, 3.8) is 0 Å². The van der Waals surface area contributed by atoms with Crippen molar-refractivity contribution in [2.75, 3.05) is 56.0 Å². The molecule has 0 saturated carbocycles. The number of hydrogen-bond acceptors (Lipinski definition) is 5. The summed E-state index contributed by atoms with van der Waals surface area (Å²) in [6.07, 6.45) is -4.56. The number of para-hydroxylation sites is 1. The van der Waals surface area contributed by atoms with Crippen LogP contribution in [-0.4, -0.2) is 79.4 Å². The minimum atomic E-state index is -4.40. The van der Waals surface area contributed by atoms with Gasteiger partial charge in [-0.3, -0.25) is 19.3 Å². The molecule has 2 heterocycles. The molecule has 2 fully saturated rings. The highest BCUT2D eigenvalue weighted by Gasteiger charge is 2.36. The first-order valence-electron chi connectivity index (χ1n) is 11.8. The van der Waals surface area contributed by atoms with Gasteiger partial charge < -0.3 is 20.4 Å². The van der Waals surface area contributed by atoms with Crippen LogP contribution in [0.5, 0.6) is 0 Å². The van der Waals surface area contributed by atoms with Crippen LogP contribution in [0.1, 0.15) is 12.0 Å². The molecule has 2 N–H and O–H groups in total. The zero-order chi connectivity index (χ0) is 25.7. The van der Waals surface area contributed by atoms with E-state index in [1.807, 2.05) is 15.9 Å². The Kier molecular flexibility index (Phi) is 7.78. The van der Waals surface area contributed by atoms with Crippen LogP contribution in [0.15, 0.2) is 54.6 Å². The smallest absolute Gasteiger partial charge is 0.369 e. The molecule has 0 radical (unpaired) electrons. The highest BCUT2D eigenvalue weighted by molar-refractivity contribution is 5.97. The largest absolute Gasteiger partial charge is 0.416 e. The third kappa shape index (κ3) is 6.34. The number of nitrogens with zero attached hydrogens (tertiary/aromatic N) is 3. The fourth-order valence-electron chi connectivity index (χ4n) is 4.45. The molecular weight excluding hydrogens is 475 g/mol. The third-order valence-electron chi connectivity index (χ3n) is 6.36. The van der Waals surface area contributed by atoms with Crippen LogP contribution in [-0.2, 0) is 20.6 Å². The predicted octanol–water partition coefficient (Wildman–Crippen LogP) is 2.18. The molecule has 1 atom stereocenters. The van der Waals surface area contributed by atoms with Crippen LogP contribution in [0.2, 0.25) is 0 Å². The molecule has 2 aromatic rings. The molecule has 2 aliphatic rings. The Hall–Kier alpha value is -3.60. The van der Waals surface area contributed by atoms with Gasteiger partial charge in [-0.15, -0.1) is 0 Å². The number of piperazine rings is 2. The van der Waals surface area contributed by atoms with Gasteiger partial charge in [0.1, 0.15) is 6.04 Å². The molecule has 192 valence electrons. The monoisotopic (exact) mass is 503 g/mol. The lowest BCUT2D eigenvalue weighted by Crippen LogP contribution is -2.60. The van der Waals surface area contributed by atoms with Crippen LogP contribution in [0.25, 0.3) is 0 Å². The minimum absolute atomic E-state index is 0.0700. The Bertz CT molecular complexity index is 1090. The summed E-state index contributed by atoms with van der Waals surface area (Å²) in [6, 6.07) is 13.2. The topological polar surface area (TPSA) is 85.0 Å². The standard InChI is InChI=1S/C25H28F3N5O3/c26-25(27,28)18-5-4-8-20(15-18)32-13-11-31(12-14-32)17-23(35)33-10-9-29-24(36)21(33)16-22(34)30-19-6-2-1-3-7-19/h1-8,15,21H,9-14,16-17H2,(H,29,36)(H,30,34)/t21-/m0/s1. The van der Waals surface area contributed by atoms with E-state index in [0.29, 0.717) is 50.6 Å². The number of hydrogen-bond donors (Lipinski definition) is 2. The zero-order valence-electron chi connectivity index (χ0n) is 19.6. The number of benzene rings is 2. The average Bonchev–Trinajstić information content (AvgIpc) is 2.86. The summed E-state index contributed by atoms with van der Waals surface area (Å²) in [6.45, 7) is 2.60. The predicted molar refractivity (Wildman–Crippen MR) is 128 cm³/mol. The first-order chi connectivity index (χ1) is 17.2. The maximum Gasteiger partial charge on any atom is 0.416 e. The second kappa shape index (κ2) is 11.0. The fraction of sp³-hybridized carbons (Fsp3) is 0.400. The van der Waals surface area contributed by atoms with Gasteiger partial charge in [0.05, 0.1) is 18.5 Å². The molecule has 0 bridgehead atoms. The number of carbonyl (C=O) groups is 3. The summed E-state index contributed by atoms with van der Waals surface area (Å²) in [4.78, 5) is 43.4. The van der Waals surface area contributed by atoms with Crippen molar-refractivity contribution < 1.29 is 27.6 Å². The number of halogens is 3. The van der Waals surface area contributed by atoms with Crippen molar-refractivity contribution in [2.45, 2.75) is 18.6 Å². The zero-order valence-corrected chi connectivity index (χ0v) is 19.6. The van der Waals surface area contributed by atoms with Gasteiger partial charge in [0, 0.05) is 50.6 Å². The van der Waals surface area contributed by atoms with E-state index in [1.54, 1.807) is 30.3 Å². The molecule has 8 nitrogen and oxygen atoms in total. The summed E-state index contributed by atoms with van der Waals surface area (Å²) in [5.74, 6) is -0.988. The van der Waals surface area contributed by atoms with Crippen molar-refractivity contribution in [3.05, 3.63) is 60.2 Å². The van der Waals surface area contributed by atoms with Crippen LogP contribution in [0, 0.1) is 0 Å². The Morgan fingerprint density at radius 2 is 1.69 bits per heavy atom. The van der Waals surface area contributed by atoms with Gasteiger partial charge in [-0.05, 0) is 30.3 Å². The highest BCUT2D eigenvalue weighted by Crippen LogP contribution is 2.31. The van der Waals surface area contributed by atoms with Crippen LogP contribution in [0.4, 0.5) is 24.5 Å². The highest BCUT2D eigenvalue weighted by atomic mass is 19.4. The molecule has 2 aliphatic heterocycles. The summed E-state index contributed by atoms with van der Waals surface area (Å²) in [5.41, 5.74) is 0.409. The van der Waals surface area contributed by atoms with Crippen molar-refractivity contribution >= 4 is 29.1 Å². The van der Waals surface area contributed by atoms with E-state index in [-0.39, 0.29) is 30.7 Å². The number of amides is 3. The first-order valence-corrected chi connectivity index (χ1v) is 11.8. The van der Waals surface area contributed by atoms with E-state index in [0.717, 1.165) is 12.1 Å². The molecule has 2 aromatic carbocycles. The van der Waals surface area contributed by atoms with E-state index in [1.165, 1.54) is 11.0 Å². The van der Waals surface area contributed by atoms with Gasteiger partial charge in [-0.25, -0.2) is 0 Å². The molecule has 4 rings (SSSR count). The second-order valence-electron chi connectivity index (χ2n) is 8.82. The number of carbonyl (C=O) groups excluding carboxylic acids is 3. The Morgan fingerprint density at radius 3 is 2.39 bits per heavy atom. The molecule has 36 heavy (non-hydrogen) atoms. The van der Waals surface area contributed by atoms with Crippen LogP contribution >= 0.6 is 0 Å². The maximum absolute atomic E-state index is 13.1. The van der Waals surface area contributed by atoms with Gasteiger partial charge in [0.25, 0.3) is 0 Å². The van der Waals surface area contributed by atoms with Gasteiger partial charge in [-0.2, -0.15) is 13.2 Å². The van der Waals surface area contributed by atoms with Crippen molar-refractivity contribution in [1.29, 1.82) is 0 Å². The molecule has 2 saturated heterocycles. The average molecular weight is 504 g/mol. The lowest BCUT2D eigenvalue weighted by atomic mass is 10.1. The van der Waals surface area contributed by atoms with E-state index >= 15 is 0 Å². The third-order valence-corrected chi connectivity index (χ3v) is 6.36. The van der Waals surface area contributed by atoms with Gasteiger partial charge >= 0.3 is 6.18 Å². The summed E-state index contributed by atoms with van der Waals surface area (Å²) in [7, 11) is 0. The number of alkyl halides is 3. The van der Waals surface area contributed by atoms with Crippen molar-refractivity contribution in [3.8, 4) is 0 Å². The summed E-state index contributed by atoms with van der Waals surface area (Å²) in [5, 5.41) is 5.46. The lowest BCUT2D eigenvalue weighted by Gasteiger charge is -2.39. The number of anilines is 2. The molecule has 0 unspecified atom stereocenters. The normalized spacial score (nSPS) is 19.1. The SMILES string of the molecule is O=C(C[C@H]1C(=O)NCCN1C(=O)CN1CCN(c2cccc(C(F)(F)F)c2)CC1)Nc1ccccc1. The molecule has 0 aromatic heterocycles. The molecule has 0 aliphatic carbocycles. The first kappa shape index (κ1) is 25.5. The van der Waals surface area contributed by atoms with E-state index in [9.17, 15) is 27.6 Å². The van der Waals surface area contributed by atoms with Crippen molar-refractivity contribution in [1.82, 2.24) is 15.1 Å². The van der Waals surface area contributed by atoms with Gasteiger partial charge in [0.15, 0.2) is 0 Å². The Balaban J connectivity index is 1.32. The summed E-state index contributed by atoms with van der Waals surface area (Å²) < 4.78 is 39.1. The molecule has 3 amide bonds. The summed E-state index contributed by atoms with van der Waals surface area (Å²) >= 11 is 0. The maximum atomic E-state index is 13.1. The minimum Gasteiger partial charge on any atom is -0.369 e. The van der Waals surface area contributed by atoms with Gasteiger partial charge in [-0.1, -0.05) is 24.3 Å². The Morgan fingerprint density at radius 1 is 0.972 bits per heavy atom. The second-order valence-corrected chi connectivity index (χ2v) is 8.82. The van der Waals surface area contributed by atoms with E-state index < -0.39 is 17.8 Å². The number of nitrogens with one attached hydrogen (secondary N) is 2. The fourth-order valence-corrected chi connectivity index (χ4v) is 4.45. The Labute approximate surface area is 207 Å². The number of rotatable bonds is 6. The van der Waals surface area contributed by atoms with E-state index in [4.69, 9.17) is 0 Å². The molecule has 0 spiro atoms. The molecular formula is C25H28F3N5O3. The van der Waals surface area contributed by atoms with Crippen molar-refractivity contribution in [2.24, 2.45) is 0 Å². The van der Waals surface area contributed by atoms with E-state index in [2.05, 4.69) is 10.6 Å². The van der Waals surface area contributed by atoms with Crippen LogP contribution in [0.3, 0.4) is 0 Å². The van der Waals surface area contributed by atoms with Crippen LogP contribution < -0.4 is 15.5 Å². The quantitative estimate of drug-likeness (QED) is 0.632. The lowest BCUT2D eigenvalue weighted by molar-refractivity contribution is -0.145. The van der Waals surface area contributed by atoms with Gasteiger partial charge in [0.2, 0.25) is 17.7 Å².